The third kappa shape index (κ3) is 2.57. The van der Waals surface area contributed by atoms with E-state index in [1.165, 1.54) is 20.8 Å². The van der Waals surface area contributed by atoms with Gasteiger partial charge in [-0.2, -0.15) is 0 Å². The van der Waals surface area contributed by atoms with Gasteiger partial charge in [-0.25, -0.2) is 4.39 Å². The molecule has 0 aliphatic rings. The highest BCUT2D eigenvalue weighted by atomic mass is 19.1. The van der Waals surface area contributed by atoms with Crippen molar-refractivity contribution in [3.63, 3.8) is 0 Å². The minimum atomic E-state index is -1.44. The molecule has 0 amide bonds. The van der Waals surface area contributed by atoms with Crippen LogP contribution in [0.1, 0.15) is 20.8 Å². The molecule has 1 atom stereocenters. The zero-order valence-electron chi connectivity index (χ0n) is 4.90. The molecular formula is C5H11FO. The molecule has 0 aliphatic carbocycles. The SMILES string of the molecule is C[C@@H](O)C(C)(C)F. The molecule has 0 fully saturated rings. The Morgan fingerprint density at radius 3 is 1.71 bits per heavy atom. The molecule has 0 saturated carbocycles. The Bertz CT molecular complexity index is 53.6. The van der Waals surface area contributed by atoms with Gasteiger partial charge in [-0.15, -0.1) is 0 Å². The topological polar surface area (TPSA) is 20.2 Å². The van der Waals surface area contributed by atoms with E-state index < -0.39 is 11.8 Å². The second-order valence-electron chi connectivity index (χ2n) is 2.24. The van der Waals surface area contributed by atoms with Crippen LogP contribution in [0.2, 0.25) is 0 Å². The van der Waals surface area contributed by atoms with Crippen LogP contribution < -0.4 is 0 Å². The molecule has 0 aliphatic heterocycles. The number of aliphatic hydroxyl groups excluding tert-OH is 1. The summed E-state index contributed by atoms with van der Waals surface area (Å²) in [5, 5.41) is 8.51. The Morgan fingerprint density at radius 2 is 1.71 bits per heavy atom. The van der Waals surface area contributed by atoms with Crippen LogP contribution >= 0.6 is 0 Å². The molecule has 0 radical (unpaired) electrons. The van der Waals surface area contributed by atoms with Gasteiger partial charge in [0.2, 0.25) is 0 Å². The summed E-state index contributed by atoms with van der Waals surface area (Å²) in [4.78, 5) is 0. The lowest BCUT2D eigenvalue weighted by Crippen LogP contribution is -2.27. The van der Waals surface area contributed by atoms with E-state index in [0.29, 0.717) is 0 Å². The zero-order chi connectivity index (χ0) is 6.08. The Kier molecular flexibility index (Phi) is 1.75. The first-order chi connectivity index (χ1) is 2.94. The average Bonchev–Trinajstić information content (AvgIpc) is 1.31. The van der Waals surface area contributed by atoms with Gasteiger partial charge >= 0.3 is 0 Å². The molecule has 0 rings (SSSR count). The number of rotatable bonds is 1. The van der Waals surface area contributed by atoms with Crippen molar-refractivity contribution in [3.8, 4) is 0 Å². The highest BCUT2D eigenvalue weighted by molar-refractivity contribution is 4.71. The summed E-state index contributed by atoms with van der Waals surface area (Å²) in [5.41, 5.74) is -1.44. The predicted molar refractivity (Wildman–Crippen MR) is 26.9 cm³/mol. The van der Waals surface area contributed by atoms with Gasteiger partial charge in [0.25, 0.3) is 0 Å². The average molecular weight is 106 g/mol. The molecule has 0 heterocycles. The Morgan fingerprint density at radius 1 is 1.57 bits per heavy atom. The van der Waals surface area contributed by atoms with Crippen molar-refractivity contribution < 1.29 is 9.50 Å². The number of aliphatic hydroxyl groups is 1. The van der Waals surface area contributed by atoms with Gasteiger partial charge in [0, 0.05) is 0 Å². The van der Waals surface area contributed by atoms with Gasteiger partial charge in [0.05, 0.1) is 6.10 Å². The van der Waals surface area contributed by atoms with Crippen molar-refractivity contribution in [1.82, 2.24) is 0 Å². The number of alkyl halides is 1. The quantitative estimate of drug-likeness (QED) is 0.531. The van der Waals surface area contributed by atoms with E-state index in [-0.39, 0.29) is 0 Å². The van der Waals surface area contributed by atoms with E-state index in [1.54, 1.807) is 0 Å². The molecule has 0 aromatic carbocycles. The van der Waals surface area contributed by atoms with Crippen LogP contribution in [-0.4, -0.2) is 16.9 Å². The zero-order valence-corrected chi connectivity index (χ0v) is 4.90. The van der Waals surface area contributed by atoms with Crippen LogP contribution in [0.25, 0.3) is 0 Å². The van der Waals surface area contributed by atoms with Crippen LogP contribution in [-0.2, 0) is 0 Å². The summed E-state index contributed by atoms with van der Waals surface area (Å²) in [5.74, 6) is 0. The maximum absolute atomic E-state index is 12.3. The fourth-order valence-corrected chi connectivity index (χ4v) is 0. The lowest BCUT2D eigenvalue weighted by atomic mass is 10.1. The van der Waals surface area contributed by atoms with Crippen molar-refractivity contribution >= 4 is 0 Å². The van der Waals surface area contributed by atoms with Crippen molar-refractivity contribution in [2.45, 2.75) is 32.5 Å². The normalized spacial score (nSPS) is 16.7. The fourth-order valence-electron chi connectivity index (χ4n) is 0. The third-order valence-corrected chi connectivity index (χ3v) is 0.993. The molecule has 0 aromatic rings. The Labute approximate surface area is 43.2 Å². The molecule has 0 bridgehead atoms. The van der Waals surface area contributed by atoms with Crippen molar-refractivity contribution in [2.75, 3.05) is 0 Å². The van der Waals surface area contributed by atoms with E-state index in [4.69, 9.17) is 5.11 Å². The highest BCUT2D eigenvalue weighted by Gasteiger charge is 2.21. The van der Waals surface area contributed by atoms with Crippen molar-refractivity contribution in [1.29, 1.82) is 0 Å². The van der Waals surface area contributed by atoms with Gasteiger partial charge in [-0.1, -0.05) is 0 Å². The second kappa shape index (κ2) is 1.78. The summed E-state index contributed by atoms with van der Waals surface area (Å²) >= 11 is 0. The first kappa shape index (κ1) is 6.89. The number of hydrogen-bond acceptors (Lipinski definition) is 1. The first-order valence-corrected chi connectivity index (χ1v) is 2.31. The smallest absolute Gasteiger partial charge is 0.130 e. The second-order valence-corrected chi connectivity index (χ2v) is 2.24. The van der Waals surface area contributed by atoms with Crippen molar-refractivity contribution in [2.24, 2.45) is 0 Å². The van der Waals surface area contributed by atoms with Gasteiger partial charge in [0.15, 0.2) is 0 Å². The van der Waals surface area contributed by atoms with E-state index in [1.807, 2.05) is 0 Å². The fraction of sp³-hybridized carbons (Fsp3) is 1.00. The Balaban J connectivity index is 3.54. The molecule has 0 saturated heterocycles. The predicted octanol–water partition coefficient (Wildman–Crippen LogP) is 1.12. The van der Waals surface area contributed by atoms with Crippen LogP contribution in [0.4, 0.5) is 4.39 Å². The lowest BCUT2D eigenvalue weighted by molar-refractivity contribution is 0.0308. The minimum Gasteiger partial charge on any atom is -0.390 e. The summed E-state index contributed by atoms with van der Waals surface area (Å²) in [7, 11) is 0. The molecule has 44 valence electrons. The molecular weight excluding hydrogens is 95.1 g/mol. The summed E-state index contributed by atoms with van der Waals surface area (Å²) in [6.45, 7) is 4.12. The molecule has 7 heavy (non-hydrogen) atoms. The summed E-state index contributed by atoms with van der Waals surface area (Å²) in [6.07, 6.45) is -0.868. The number of hydrogen-bond donors (Lipinski definition) is 1. The van der Waals surface area contributed by atoms with E-state index >= 15 is 0 Å². The monoisotopic (exact) mass is 106 g/mol. The van der Waals surface area contributed by atoms with Gasteiger partial charge in [-0.05, 0) is 20.8 Å². The standard InChI is InChI=1S/C5H11FO/c1-4(7)5(2,3)6/h4,7H,1-3H3/t4-/m1/s1. The largest absolute Gasteiger partial charge is 0.390 e. The third-order valence-electron chi connectivity index (χ3n) is 0.993. The van der Waals surface area contributed by atoms with Crippen LogP contribution in [0.3, 0.4) is 0 Å². The summed E-state index contributed by atoms with van der Waals surface area (Å²) < 4.78 is 12.3. The van der Waals surface area contributed by atoms with Gasteiger partial charge < -0.3 is 5.11 Å². The minimum absolute atomic E-state index is 0.868. The van der Waals surface area contributed by atoms with E-state index in [2.05, 4.69) is 0 Å². The van der Waals surface area contributed by atoms with Gasteiger partial charge in [0.1, 0.15) is 5.67 Å². The first-order valence-electron chi connectivity index (χ1n) is 2.31. The number of halogens is 1. The molecule has 0 spiro atoms. The van der Waals surface area contributed by atoms with Crippen LogP contribution in [0.5, 0.6) is 0 Å². The molecule has 1 N–H and O–H groups in total. The highest BCUT2D eigenvalue weighted by Crippen LogP contribution is 2.12. The molecule has 2 heteroatoms. The summed E-state index contributed by atoms with van der Waals surface area (Å²) in [6, 6.07) is 0. The van der Waals surface area contributed by atoms with Crippen molar-refractivity contribution in [3.05, 3.63) is 0 Å². The molecule has 0 aromatic heterocycles. The van der Waals surface area contributed by atoms with Crippen LogP contribution in [0.15, 0.2) is 0 Å². The lowest BCUT2D eigenvalue weighted by Gasteiger charge is -2.16. The Hall–Kier alpha value is -0.110. The van der Waals surface area contributed by atoms with E-state index in [0.717, 1.165) is 0 Å². The maximum atomic E-state index is 12.3. The molecule has 0 unspecified atom stereocenters. The van der Waals surface area contributed by atoms with E-state index in [9.17, 15) is 4.39 Å². The van der Waals surface area contributed by atoms with Gasteiger partial charge in [-0.3, -0.25) is 0 Å². The molecule has 1 nitrogen and oxygen atoms in total. The maximum Gasteiger partial charge on any atom is 0.130 e. The van der Waals surface area contributed by atoms with Crippen LogP contribution in [0, 0.1) is 0 Å².